The van der Waals surface area contributed by atoms with E-state index in [9.17, 15) is 18.5 Å². The summed E-state index contributed by atoms with van der Waals surface area (Å²) >= 11 is 17.5. The predicted molar refractivity (Wildman–Crippen MR) is 154 cm³/mol. The number of benzene rings is 3. The number of halogens is 2. The van der Waals surface area contributed by atoms with Crippen molar-refractivity contribution in [2.45, 2.75) is 4.90 Å². The first-order valence-electron chi connectivity index (χ1n) is 11.7. The molecule has 0 aliphatic carbocycles. The van der Waals surface area contributed by atoms with E-state index in [0.29, 0.717) is 10.0 Å². The molecule has 4 rings (SSSR count). The Labute approximate surface area is 242 Å². The van der Waals surface area contributed by atoms with Gasteiger partial charge in [0.1, 0.15) is 16.4 Å². The van der Waals surface area contributed by atoms with Gasteiger partial charge in [0.05, 0.1) is 11.6 Å². The highest BCUT2D eigenvalue weighted by Crippen LogP contribution is 2.34. The Hall–Kier alpha value is -3.46. The third-order valence-corrected chi connectivity index (χ3v) is 8.45. The summed E-state index contributed by atoms with van der Waals surface area (Å²) in [5.41, 5.74) is 1.04. The molecular formula is C27H22Cl2N4O4S2. The SMILES string of the molecule is N#Cc1ccc(Oc2cc(Cl)cc(Cl)c2)c(S(=O)(=O)N2CCN(C(=S)NC(=O)/C=C/c3ccccc3)CC2)c1. The molecule has 0 spiro atoms. The quantitative estimate of drug-likeness (QED) is 0.311. The first-order valence-corrected chi connectivity index (χ1v) is 14.3. The number of nitriles is 1. The molecule has 1 aliphatic heterocycles. The molecule has 0 atom stereocenters. The van der Waals surface area contributed by atoms with Crippen LogP contribution in [0.25, 0.3) is 6.08 Å². The monoisotopic (exact) mass is 600 g/mol. The number of carbonyl (C=O) groups is 1. The third-order valence-electron chi connectivity index (χ3n) is 5.74. The van der Waals surface area contributed by atoms with E-state index in [2.05, 4.69) is 5.32 Å². The first-order chi connectivity index (χ1) is 18.7. The van der Waals surface area contributed by atoms with E-state index in [-0.39, 0.29) is 59.2 Å². The van der Waals surface area contributed by atoms with Crippen molar-refractivity contribution in [1.82, 2.24) is 14.5 Å². The molecule has 39 heavy (non-hydrogen) atoms. The van der Waals surface area contributed by atoms with Gasteiger partial charge in [0, 0.05) is 42.3 Å². The third kappa shape index (κ3) is 7.35. The minimum absolute atomic E-state index is 0.0303. The molecule has 0 bridgehead atoms. The van der Waals surface area contributed by atoms with Crippen LogP contribution in [-0.2, 0) is 14.8 Å². The number of carbonyl (C=O) groups excluding carboxylic acids is 1. The lowest BCUT2D eigenvalue weighted by Crippen LogP contribution is -2.53. The van der Waals surface area contributed by atoms with Gasteiger partial charge in [0.15, 0.2) is 5.11 Å². The lowest BCUT2D eigenvalue weighted by Gasteiger charge is -2.35. The minimum atomic E-state index is -4.05. The zero-order valence-electron chi connectivity index (χ0n) is 20.4. The molecule has 200 valence electrons. The number of piperazine rings is 1. The maximum atomic E-state index is 13.6. The van der Waals surface area contributed by atoms with Gasteiger partial charge in [-0.25, -0.2) is 8.42 Å². The topological polar surface area (TPSA) is 103 Å². The average Bonchev–Trinajstić information content (AvgIpc) is 2.92. The fourth-order valence-corrected chi connectivity index (χ4v) is 6.16. The highest BCUT2D eigenvalue weighted by Gasteiger charge is 2.32. The van der Waals surface area contributed by atoms with E-state index in [0.717, 1.165) is 5.56 Å². The first kappa shape index (κ1) is 28.5. The molecule has 1 amide bonds. The second-order valence-corrected chi connectivity index (χ2v) is 11.6. The van der Waals surface area contributed by atoms with E-state index in [1.54, 1.807) is 11.0 Å². The number of thiocarbonyl (C=S) groups is 1. The van der Waals surface area contributed by atoms with Crippen LogP contribution in [0, 0.1) is 11.3 Å². The molecular weight excluding hydrogens is 579 g/mol. The second kappa shape index (κ2) is 12.6. The second-order valence-electron chi connectivity index (χ2n) is 8.41. The molecule has 0 radical (unpaired) electrons. The number of amides is 1. The Morgan fingerprint density at radius 2 is 1.67 bits per heavy atom. The number of nitrogens with one attached hydrogen (secondary N) is 1. The zero-order chi connectivity index (χ0) is 28.0. The molecule has 0 unspecified atom stereocenters. The van der Waals surface area contributed by atoms with Crippen molar-refractivity contribution in [3.8, 4) is 17.6 Å². The van der Waals surface area contributed by atoms with Crippen molar-refractivity contribution >= 4 is 62.5 Å². The molecule has 12 heteroatoms. The highest BCUT2D eigenvalue weighted by atomic mass is 35.5. The van der Waals surface area contributed by atoms with Crippen LogP contribution in [0.15, 0.2) is 77.7 Å². The molecule has 0 saturated carbocycles. The van der Waals surface area contributed by atoms with E-state index >= 15 is 0 Å². The Kier molecular flexibility index (Phi) is 9.22. The van der Waals surface area contributed by atoms with Gasteiger partial charge in [0.2, 0.25) is 15.9 Å². The Balaban J connectivity index is 1.44. The maximum absolute atomic E-state index is 13.6. The number of hydrogen-bond acceptors (Lipinski definition) is 6. The fourth-order valence-electron chi connectivity index (χ4n) is 3.81. The summed E-state index contributed by atoms with van der Waals surface area (Å²) in [5.74, 6) is -0.0984. The van der Waals surface area contributed by atoms with Crippen LogP contribution in [0.2, 0.25) is 10.0 Å². The van der Waals surface area contributed by atoms with Crippen LogP contribution in [0.5, 0.6) is 11.5 Å². The summed E-state index contributed by atoms with van der Waals surface area (Å²) in [5, 5.41) is 12.9. The lowest BCUT2D eigenvalue weighted by molar-refractivity contribution is -0.115. The van der Waals surface area contributed by atoms with E-state index < -0.39 is 10.0 Å². The van der Waals surface area contributed by atoms with Gasteiger partial charge in [-0.15, -0.1) is 0 Å². The summed E-state index contributed by atoms with van der Waals surface area (Å²) in [6.45, 7) is 0.742. The number of rotatable bonds is 6. The molecule has 1 saturated heterocycles. The predicted octanol–water partition coefficient (Wildman–Crippen LogP) is 5.08. The van der Waals surface area contributed by atoms with Gasteiger partial charge in [-0.3, -0.25) is 10.1 Å². The standard InChI is InChI=1S/C27H22Cl2N4O4S2/c28-21-15-22(29)17-23(16-21)37-24-8-6-20(18-30)14-25(24)39(35,36)33-12-10-32(11-13-33)27(38)31-26(34)9-7-19-4-2-1-3-5-19/h1-9,14-17H,10-13H2,(H,31,34,38)/b9-7+. The van der Waals surface area contributed by atoms with E-state index in [1.165, 1.54) is 46.8 Å². The Bertz CT molecular complexity index is 1550. The van der Waals surface area contributed by atoms with Gasteiger partial charge in [0.25, 0.3) is 0 Å². The lowest BCUT2D eigenvalue weighted by atomic mass is 10.2. The number of hydrogen-bond donors (Lipinski definition) is 1. The van der Waals surface area contributed by atoms with Gasteiger partial charge < -0.3 is 9.64 Å². The van der Waals surface area contributed by atoms with Crippen molar-refractivity contribution in [2.75, 3.05) is 26.2 Å². The summed E-state index contributed by atoms with van der Waals surface area (Å²) in [7, 11) is -4.05. The van der Waals surface area contributed by atoms with Crippen LogP contribution in [0.1, 0.15) is 11.1 Å². The van der Waals surface area contributed by atoms with Crippen LogP contribution >= 0.6 is 35.4 Å². The van der Waals surface area contributed by atoms with Gasteiger partial charge >= 0.3 is 0 Å². The largest absolute Gasteiger partial charge is 0.456 e. The van der Waals surface area contributed by atoms with Crippen molar-refractivity contribution in [3.05, 3.63) is 94.0 Å². The van der Waals surface area contributed by atoms with Crippen molar-refractivity contribution in [1.29, 1.82) is 5.26 Å². The molecule has 1 fully saturated rings. The van der Waals surface area contributed by atoms with Crippen LogP contribution in [-0.4, -0.2) is 54.8 Å². The summed E-state index contributed by atoms with van der Waals surface area (Å²) < 4.78 is 34.4. The molecule has 0 aromatic heterocycles. The van der Waals surface area contributed by atoms with Crippen LogP contribution in [0.3, 0.4) is 0 Å². The molecule has 1 N–H and O–H groups in total. The molecule has 1 heterocycles. The summed E-state index contributed by atoms with van der Waals surface area (Å²) in [4.78, 5) is 13.9. The molecule has 1 aliphatic rings. The van der Waals surface area contributed by atoms with Crippen molar-refractivity contribution < 1.29 is 17.9 Å². The maximum Gasteiger partial charge on any atom is 0.250 e. The number of ether oxygens (including phenoxy) is 1. The highest BCUT2D eigenvalue weighted by molar-refractivity contribution is 7.89. The van der Waals surface area contributed by atoms with Crippen LogP contribution < -0.4 is 10.1 Å². The van der Waals surface area contributed by atoms with Gasteiger partial charge in [-0.1, -0.05) is 53.5 Å². The van der Waals surface area contributed by atoms with Gasteiger partial charge in [-0.05, 0) is 60.3 Å². The number of nitrogens with zero attached hydrogens (tertiary/aromatic N) is 3. The molecule has 3 aromatic rings. The fraction of sp³-hybridized carbons (Fsp3) is 0.148. The molecule has 3 aromatic carbocycles. The van der Waals surface area contributed by atoms with Gasteiger partial charge in [-0.2, -0.15) is 9.57 Å². The minimum Gasteiger partial charge on any atom is -0.456 e. The molecule has 8 nitrogen and oxygen atoms in total. The summed E-state index contributed by atoms with van der Waals surface area (Å²) in [6, 6.07) is 20.0. The zero-order valence-corrected chi connectivity index (χ0v) is 23.5. The smallest absolute Gasteiger partial charge is 0.250 e. The van der Waals surface area contributed by atoms with E-state index in [1.807, 2.05) is 36.4 Å². The normalized spacial score (nSPS) is 14.1. The van der Waals surface area contributed by atoms with E-state index in [4.69, 9.17) is 40.2 Å². The Morgan fingerprint density at radius 3 is 2.31 bits per heavy atom. The Morgan fingerprint density at radius 1 is 1.00 bits per heavy atom. The summed E-state index contributed by atoms with van der Waals surface area (Å²) in [6.07, 6.45) is 3.06. The average molecular weight is 602 g/mol. The van der Waals surface area contributed by atoms with Crippen LogP contribution in [0.4, 0.5) is 0 Å². The van der Waals surface area contributed by atoms with Crippen molar-refractivity contribution in [2.24, 2.45) is 0 Å². The van der Waals surface area contributed by atoms with Crippen molar-refractivity contribution in [3.63, 3.8) is 0 Å². The number of sulfonamides is 1.